The molecule has 3 nitrogen and oxygen atoms in total. The average Bonchev–Trinajstić information content (AvgIpc) is 2.11. The summed E-state index contributed by atoms with van der Waals surface area (Å²) in [6, 6.07) is 0. The van der Waals surface area contributed by atoms with Crippen molar-refractivity contribution < 1.29 is 14.3 Å². The number of ketones is 1. The number of hydrogen-bond donors (Lipinski definition) is 0. The standard InChI is InChI=1S/C9H10O3/c1-6(10)12-9-4-2-7(9)8(11)3-5-9/h2,4,7H,3,5H2,1H3/t7-,9-/m0/s1. The van der Waals surface area contributed by atoms with Crippen molar-refractivity contribution in [3.63, 3.8) is 0 Å². The maximum Gasteiger partial charge on any atom is 0.303 e. The van der Waals surface area contributed by atoms with E-state index in [1.165, 1.54) is 6.92 Å². The fraction of sp³-hybridized carbons (Fsp3) is 0.556. The molecule has 0 unspecified atom stereocenters. The predicted molar refractivity (Wildman–Crippen MR) is 41.4 cm³/mol. The molecule has 0 aromatic rings. The molecule has 0 bridgehead atoms. The van der Waals surface area contributed by atoms with Gasteiger partial charge in [0.05, 0.1) is 5.92 Å². The van der Waals surface area contributed by atoms with Crippen LogP contribution in [0, 0.1) is 5.92 Å². The van der Waals surface area contributed by atoms with Gasteiger partial charge in [-0.1, -0.05) is 6.08 Å². The zero-order valence-corrected chi connectivity index (χ0v) is 6.87. The molecule has 2 aliphatic rings. The predicted octanol–water partition coefficient (Wildman–Crippen LogP) is 0.837. The van der Waals surface area contributed by atoms with E-state index in [4.69, 9.17) is 4.74 Å². The Hall–Kier alpha value is -1.12. The van der Waals surface area contributed by atoms with Crippen LogP contribution in [0.2, 0.25) is 0 Å². The van der Waals surface area contributed by atoms with Gasteiger partial charge in [-0.15, -0.1) is 0 Å². The van der Waals surface area contributed by atoms with Gasteiger partial charge in [-0.05, 0) is 12.5 Å². The Kier molecular flexibility index (Phi) is 1.37. The topological polar surface area (TPSA) is 43.4 Å². The maximum absolute atomic E-state index is 11.2. The van der Waals surface area contributed by atoms with Crippen molar-refractivity contribution in [3.8, 4) is 0 Å². The molecule has 0 N–H and O–H groups in total. The lowest BCUT2D eigenvalue weighted by atomic mass is 9.80. The van der Waals surface area contributed by atoms with Gasteiger partial charge in [0, 0.05) is 13.3 Å². The van der Waals surface area contributed by atoms with Crippen LogP contribution in [0.5, 0.6) is 0 Å². The van der Waals surface area contributed by atoms with E-state index in [1.54, 1.807) is 0 Å². The van der Waals surface area contributed by atoms with E-state index in [-0.39, 0.29) is 17.7 Å². The quantitative estimate of drug-likeness (QED) is 0.428. The summed E-state index contributed by atoms with van der Waals surface area (Å²) in [5.41, 5.74) is -0.553. The Balaban J connectivity index is 2.19. The van der Waals surface area contributed by atoms with Gasteiger partial charge in [0.1, 0.15) is 11.4 Å². The molecule has 64 valence electrons. The number of ether oxygens (including phenoxy) is 1. The van der Waals surface area contributed by atoms with Crippen LogP contribution >= 0.6 is 0 Å². The van der Waals surface area contributed by atoms with Gasteiger partial charge in [0.15, 0.2) is 0 Å². The minimum atomic E-state index is -0.553. The van der Waals surface area contributed by atoms with E-state index < -0.39 is 5.60 Å². The van der Waals surface area contributed by atoms with Crippen LogP contribution in [0.15, 0.2) is 12.2 Å². The highest BCUT2D eigenvalue weighted by Crippen LogP contribution is 2.45. The minimum absolute atomic E-state index is 0.151. The molecule has 12 heavy (non-hydrogen) atoms. The number of carbonyl (C=O) groups is 2. The molecule has 3 heteroatoms. The lowest BCUT2D eigenvalue weighted by molar-refractivity contribution is -0.156. The number of fused-ring (bicyclic) bond motifs is 1. The summed E-state index contributed by atoms with van der Waals surface area (Å²) in [7, 11) is 0. The van der Waals surface area contributed by atoms with Crippen LogP contribution in [0.1, 0.15) is 19.8 Å². The summed E-state index contributed by atoms with van der Waals surface area (Å²) < 4.78 is 5.12. The number of carbonyl (C=O) groups excluding carboxylic acids is 2. The van der Waals surface area contributed by atoms with Gasteiger partial charge < -0.3 is 4.74 Å². The number of rotatable bonds is 1. The van der Waals surface area contributed by atoms with Gasteiger partial charge in [-0.3, -0.25) is 9.59 Å². The molecule has 0 aliphatic heterocycles. The average molecular weight is 166 g/mol. The molecule has 0 radical (unpaired) electrons. The lowest BCUT2D eigenvalue weighted by Gasteiger charge is -2.35. The van der Waals surface area contributed by atoms with E-state index >= 15 is 0 Å². The van der Waals surface area contributed by atoms with E-state index in [0.717, 1.165) is 0 Å². The van der Waals surface area contributed by atoms with Crippen molar-refractivity contribution in [2.45, 2.75) is 25.4 Å². The molecular weight excluding hydrogens is 156 g/mol. The second-order valence-electron chi connectivity index (χ2n) is 3.35. The minimum Gasteiger partial charge on any atom is -0.454 e. The van der Waals surface area contributed by atoms with Gasteiger partial charge in [-0.25, -0.2) is 0 Å². The first-order valence-electron chi connectivity index (χ1n) is 4.06. The smallest absolute Gasteiger partial charge is 0.303 e. The van der Waals surface area contributed by atoms with Crippen molar-refractivity contribution in [3.05, 3.63) is 12.2 Å². The molecule has 0 amide bonds. The number of hydrogen-bond acceptors (Lipinski definition) is 3. The van der Waals surface area contributed by atoms with Gasteiger partial charge in [0.2, 0.25) is 0 Å². The Morgan fingerprint density at radius 2 is 2.50 bits per heavy atom. The van der Waals surface area contributed by atoms with E-state index in [1.807, 2.05) is 12.2 Å². The van der Waals surface area contributed by atoms with Gasteiger partial charge >= 0.3 is 5.97 Å². The Morgan fingerprint density at radius 1 is 1.75 bits per heavy atom. The van der Waals surface area contributed by atoms with E-state index in [2.05, 4.69) is 0 Å². The fourth-order valence-corrected chi connectivity index (χ4v) is 1.92. The zero-order chi connectivity index (χ0) is 8.77. The first-order valence-corrected chi connectivity index (χ1v) is 4.06. The normalized spacial score (nSPS) is 37.4. The van der Waals surface area contributed by atoms with Crippen molar-refractivity contribution in [1.29, 1.82) is 0 Å². The molecule has 0 spiro atoms. The van der Waals surface area contributed by atoms with Crippen molar-refractivity contribution in [2.75, 3.05) is 0 Å². The third kappa shape index (κ3) is 0.823. The van der Waals surface area contributed by atoms with Gasteiger partial charge in [0.25, 0.3) is 0 Å². The summed E-state index contributed by atoms with van der Waals surface area (Å²) in [4.78, 5) is 21.9. The molecule has 1 saturated carbocycles. The third-order valence-electron chi connectivity index (χ3n) is 2.54. The Morgan fingerprint density at radius 3 is 2.92 bits per heavy atom. The van der Waals surface area contributed by atoms with Crippen molar-refractivity contribution in [2.24, 2.45) is 5.92 Å². The van der Waals surface area contributed by atoms with Crippen LogP contribution < -0.4 is 0 Å². The highest BCUT2D eigenvalue weighted by Gasteiger charge is 2.52. The summed E-state index contributed by atoms with van der Waals surface area (Å²) in [6.45, 7) is 1.38. The molecular formula is C9H10O3. The summed E-state index contributed by atoms with van der Waals surface area (Å²) in [6.07, 6.45) is 4.83. The van der Waals surface area contributed by atoms with E-state index in [9.17, 15) is 9.59 Å². The summed E-state index contributed by atoms with van der Waals surface area (Å²) in [5.74, 6) is -0.265. The van der Waals surface area contributed by atoms with Crippen LogP contribution in [0.4, 0.5) is 0 Å². The largest absolute Gasteiger partial charge is 0.454 e. The first kappa shape index (κ1) is 7.53. The lowest BCUT2D eigenvalue weighted by Crippen LogP contribution is -2.43. The molecule has 2 aliphatic carbocycles. The molecule has 2 rings (SSSR count). The fourth-order valence-electron chi connectivity index (χ4n) is 1.92. The summed E-state index contributed by atoms with van der Waals surface area (Å²) >= 11 is 0. The van der Waals surface area contributed by atoms with E-state index in [0.29, 0.717) is 12.8 Å². The molecule has 2 atom stereocenters. The molecule has 0 aromatic carbocycles. The van der Waals surface area contributed by atoms with Crippen molar-refractivity contribution in [1.82, 2.24) is 0 Å². The van der Waals surface area contributed by atoms with Crippen LogP contribution in [0.3, 0.4) is 0 Å². The molecule has 1 fully saturated rings. The van der Waals surface area contributed by atoms with Crippen molar-refractivity contribution >= 4 is 11.8 Å². The highest BCUT2D eigenvalue weighted by molar-refractivity contribution is 5.89. The highest BCUT2D eigenvalue weighted by atomic mass is 16.6. The number of esters is 1. The van der Waals surface area contributed by atoms with Crippen LogP contribution in [-0.4, -0.2) is 17.4 Å². The molecule has 0 heterocycles. The summed E-state index contributed by atoms with van der Waals surface area (Å²) in [5, 5.41) is 0. The first-order chi connectivity index (χ1) is 5.64. The molecule has 0 aromatic heterocycles. The second kappa shape index (κ2) is 2.19. The second-order valence-corrected chi connectivity index (χ2v) is 3.35. The monoisotopic (exact) mass is 166 g/mol. The van der Waals surface area contributed by atoms with Crippen LogP contribution in [0.25, 0.3) is 0 Å². The number of Topliss-reactive ketones (excluding diaryl/α,β-unsaturated/α-hetero) is 1. The SMILES string of the molecule is CC(=O)O[C@]12C=C[C@H]1C(=O)CC2. The van der Waals surface area contributed by atoms with Gasteiger partial charge in [-0.2, -0.15) is 0 Å². The van der Waals surface area contributed by atoms with Crippen LogP contribution in [-0.2, 0) is 14.3 Å². The zero-order valence-electron chi connectivity index (χ0n) is 6.87. The Labute approximate surface area is 70.4 Å². The third-order valence-corrected chi connectivity index (χ3v) is 2.54. The Bertz CT molecular complexity index is 279. The maximum atomic E-state index is 11.2. The molecule has 0 saturated heterocycles.